The lowest BCUT2D eigenvalue weighted by molar-refractivity contribution is -0.0214. The lowest BCUT2D eigenvalue weighted by Gasteiger charge is -2.39. The molecule has 3 aromatic rings. The number of furan rings is 1. The summed E-state index contributed by atoms with van der Waals surface area (Å²) in [6, 6.07) is 13.5. The first-order valence-electron chi connectivity index (χ1n) is 10.8. The van der Waals surface area contributed by atoms with Crippen molar-refractivity contribution in [2.45, 2.75) is 25.6 Å². The minimum atomic E-state index is -0.537. The van der Waals surface area contributed by atoms with Crippen molar-refractivity contribution in [3.05, 3.63) is 65.6 Å². The van der Waals surface area contributed by atoms with Gasteiger partial charge in [0.25, 0.3) is 0 Å². The Bertz CT molecular complexity index is 1150. The molecule has 0 radical (unpaired) electrons. The van der Waals surface area contributed by atoms with E-state index in [4.69, 9.17) is 33.2 Å². The molecule has 2 unspecified atom stereocenters. The van der Waals surface area contributed by atoms with Crippen molar-refractivity contribution >= 4 is 5.71 Å². The number of methoxy groups -OCH3 is 3. The van der Waals surface area contributed by atoms with E-state index in [1.54, 1.807) is 27.6 Å². The van der Waals surface area contributed by atoms with Crippen LogP contribution in [0.25, 0.3) is 0 Å². The van der Waals surface area contributed by atoms with Gasteiger partial charge in [0.15, 0.2) is 23.0 Å². The fourth-order valence-corrected chi connectivity index (χ4v) is 4.41. The summed E-state index contributed by atoms with van der Waals surface area (Å²) < 4.78 is 34.8. The highest BCUT2D eigenvalue weighted by Gasteiger charge is 2.43. The predicted molar refractivity (Wildman–Crippen MR) is 122 cm³/mol. The van der Waals surface area contributed by atoms with Crippen LogP contribution >= 0.6 is 0 Å². The van der Waals surface area contributed by atoms with Crippen molar-refractivity contribution in [3.63, 3.8) is 0 Å². The number of rotatable bonds is 7. The zero-order chi connectivity index (χ0) is 22.9. The summed E-state index contributed by atoms with van der Waals surface area (Å²) in [6.45, 7) is 2.50. The lowest BCUT2D eigenvalue weighted by atomic mass is 9.97. The van der Waals surface area contributed by atoms with E-state index < -0.39 is 6.23 Å². The van der Waals surface area contributed by atoms with Crippen LogP contribution in [0.4, 0.5) is 0 Å². The highest BCUT2D eigenvalue weighted by molar-refractivity contribution is 5.99. The number of hydrogen-bond acceptors (Lipinski definition) is 8. The van der Waals surface area contributed by atoms with Gasteiger partial charge in [-0.25, -0.2) is 5.01 Å². The molecule has 0 fully saturated rings. The Labute approximate surface area is 192 Å². The van der Waals surface area contributed by atoms with Gasteiger partial charge in [0.1, 0.15) is 11.5 Å². The molecule has 2 aliphatic heterocycles. The van der Waals surface area contributed by atoms with Crippen molar-refractivity contribution in [2.75, 3.05) is 27.9 Å². The summed E-state index contributed by atoms with van der Waals surface area (Å²) >= 11 is 0. The van der Waals surface area contributed by atoms with E-state index >= 15 is 0 Å². The predicted octanol–water partition coefficient (Wildman–Crippen LogP) is 4.95. The molecule has 8 heteroatoms. The maximum Gasteiger partial charge on any atom is 0.214 e. The van der Waals surface area contributed by atoms with Gasteiger partial charge in [0, 0.05) is 17.5 Å². The molecular formula is C25H26N2O6. The summed E-state index contributed by atoms with van der Waals surface area (Å²) in [5.74, 6) is 3.78. The van der Waals surface area contributed by atoms with Crippen LogP contribution in [-0.4, -0.2) is 38.7 Å². The largest absolute Gasteiger partial charge is 0.493 e. The maximum absolute atomic E-state index is 6.57. The van der Waals surface area contributed by atoms with Crippen LogP contribution in [0.15, 0.2) is 58.2 Å². The molecule has 0 saturated carbocycles. The second-order valence-corrected chi connectivity index (χ2v) is 7.66. The quantitative estimate of drug-likeness (QED) is 0.504. The third kappa shape index (κ3) is 3.51. The van der Waals surface area contributed by atoms with Gasteiger partial charge >= 0.3 is 0 Å². The molecule has 2 atom stereocenters. The van der Waals surface area contributed by atoms with Gasteiger partial charge < -0.3 is 28.1 Å². The van der Waals surface area contributed by atoms with E-state index in [1.807, 2.05) is 48.3 Å². The van der Waals surface area contributed by atoms with Crippen LogP contribution in [0.2, 0.25) is 0 Å². The number of ether oxygens (including phenoxy) is 5. The van der Waals surface area contributed by atoms with Crippen molar-refractivity contribution < 1.29 is 28.1 Å². The maximum atomic E-state index is 6.57. The molecule has 0 bridgehead atoms. The zero-order valence-electron chi connectivity index (χ0n) is 19.0. The van der Waals surface area contributed by atoms with Crippen molar-refractivity contribution in [2.24, 2.45) is 5.10 Å². The molecule has 0 aliphatic carbocycles. The van der Waals surface area contributed by atoms with Gasteiger partial charge in [-0.3, -0.25) is 0 Å². The lowest BCUT2D eigenvalue weighted by Crippen LogP contribution is -2.34. The first-order chi connectivity index (χ1) is 16.2. The Morgan fingerprint density at radius 2 is 1.79 bits per heavy atom. The molecular weight excluding hydrogens is 424 g/mol. The molecule has 1 aromatic heterocycles. The highest BCUT2D eigenvalue weighted by Crippen LogP contribution is 2.52. The Morgan fingerprint density at radius 1 is 1.00 bits per heavy atom. The van der Waals surface area contributed by atoms with Gasteiger partial charge in [0.2, 0.25) is 12.0 Å². The number of hydrogen-bond donors (Lipinski definition) is 0. The molecule has 33 heavy (non-hydrogen) atoms. The van der Waals surface area contributed by atoms with Crippen LogP contribution < -0.4 is 23.7 Å². The number of nitrogens with zero attached hydrogens (tertiary/aromatic N) is 2. The topological polar surface area (TPSA) is 74.9 Å². The number of benzene rings is 2. The van der Waals surface area contributed by atoms with Crippen LogP contribution in [-0.2, 0) is 0 Å². The van der Waals surface area contributed by atoms with Gasteiger partial charge in [-0.1, -0.05) is 12.1 Å². The second-order valence-electron chi connectivity index (χ2n) is 7.66. The number of hydrazone groups is 1. The minimum absolute atomic E-state index is 0.0432. The molecule has 2 aromatic carbocycles. The number of fused-ring (bicyclic) bond motifs is 3. The molecule has 172 valence electrons. The fourth-order valence-electron chi connectivity index (χ4n) is 4.41. The summed E-state index contributed by atoms with van der Waals surface area (Å²) in [5.41, 5.74) is 2.70. The monoisotopic (exact) mass is 450 g/mol. The van der Waals surface area contributed by atoms with Gasteiger partial charge in [-0.05, 0) is 37.3 Å². The van der Waals surface area contributed by atoms with E-state index in [0.717, 1.165) is 28.3 Å². The molecule has 0 amide bonds. The van der Waals surface area contributed by atoms with Crippen LogP contribution in [0.1, 0.15) is 42.5 Å². The molecule has 0 spiro atoms. The summed E-state index contributed by atoms with van der Waals surface area (Å²) in [6.07, 6.45) is 1.80. The van der Waals surface area contributed by atoms with E-state index in [-0.39, 0.29) is 6.04 Å². The normalized spacial score (nSPS) is 18.7. The standard InChI is InChI=1S/C25H26N2O6/c1-5-31-20-9-6-8-16-18-14-17(19-10-7-11-32-19)26-27(18)25(33-23(16)20)15-12-21(28-2)24(30-4)22(13-15)29-3/h6-13,18,25H,5,14H2,1-4H3. The van der Waals surface area contributed by atoms with Gasteiger partial charge in [-0.2, -0.15) is 5.10 Å². The zero-order valence-corrected chi connectivity index (χ0v) is 19.0. The second kappa shape index (κ2) is 8.61. The molecule has 0 saturated heterocycles. The van der Waals surface area contributed by atoms with Gasteiger partial charge in [0.05, 0.1) is 40.2 Å². The smallest absolute Gasteiger partial charge is 0.214 e. The van der Waals surface area contributed by atoms with Crippen molar-refractivity contribution in [1.82, 2.24) is 5.01 Å². The fraction of sp³-hybridized carbons (Fsp3) is 0.320. The third-order valence-electron chi connectivity index (χ3n) is 5.86. The van der Waals surface area contributed by atoms with Crippen molar-refractivity contribution in [3.8, 4) is 28.7 Å². The molecule has 0 N–H and O–H groups in total. The van der Waals surface area contributed by atoms with Crippen LogP contribution in [0.3, 0.4) is 0 Å². The highest BCUT2D eigenvalue weighted by atomic mass is 16.5. The van der Waals surface area contributed by atoms with Gasteiger partial charge in [-0.15, -0.1) is 0 Å². The third-order valence-corrected chi connectivity index (χ3v) is 5.86. The molecule has 8 nitrogen and oxygen atoms in total. The van der Waals surface area contributed by atoms with E-state index in [9.17, 15) is 0 Å². The summed E-state index contributed by atoms with van der Waals surface area (Å²) in [5, 5.41) is 6.88. The van der Waals surface area contributed by atoms with E-state index in [2.05, 4.69) is 6.07 Å². The summed E-state index contributed by atoms with van der Waals surface area (Å²) in [7, 11) is 4.77. The molecule has 3 heterocycles. The average molecular weight is 450 g/mol. The average Bonchev–Trinajstić information content (AvgIpc) is 3.53. The van der Waals surface area contributed by atoms with Crippen LogP contribution in [0, 0.1) is 0 Å². The summed E-state index contributed by atoms with van der Waals surface area (Å²) in [4.78, 5) is 0. The van der Waals surface area contributed by atoms with Crippen molar-refractivity contribution in [1.29, 1.82) is 0 Å². The minimum Gasteiger partial charge on any atom is -0.493 e. The number of para-hydroxylation sites is 1. The van der Waals surface area contributed by atoms with E-state index in [0.29, 0.717) is 36.0 Å². The molecule has 5 rings (SSSR count). The molecule has 2 aliphatic rings. The first-order valence-corrected chi connectivity index (χ1v) is 10.8. The Hall–Kier alpha value is -3.81. The van der Waals surface area contributed by atoms with Crippen LogP contribution in [0.5, 0.6) is 28.7 Å². The Kier molecular flexibility index (Phi) is 5.50. The van der Waals surface area contributed by atoms with E-state index in [1.165, 1.54) is 0 Å². The first kappa shape index (κ1) is 21.1. The SMILES string of the molecule is CCOc1cccc2c1OC(c1cc(OC)c(OC)c(OC)c1)N1N=C(c3ccco3)CC21. The Balaban J connectivity index is 1.65. The Morgan fingerprint density at radius 3 is 2.42 bits per heavy atom.